The fourth-order valence-corrected chi connectivity index (χ4v) is 2.79. The van der Waals surface area contributed by atoms with Gasteiger partial charge in [-0.15, -0.1) is 0 Å². The second-order valence-electron chi connectivity index (χ2n) is 6.41. The van der Waals surface area contributed by atoms with Crippen molar-refractivity contribution >= 4 is 17.5 Å². The third-order valence-electron chi connectivity index (χ3n) is 4.66. The Balaban J connectivity index is 1.65. The summed E-state index contributed by atoms with van der Waals surface area (Å²) in [4.78, 5) is 24.9. The van der Waals surface area contributed by atoms with Gasteiger partial charge in [-0.2, -0.15) is 0 Å². The Hall–Kier alpha value is -2.66. The number of carbonyl (C=O) groups excluding carboxylic acids is 2. The lowest BCUT2D eigenvalue weighted by Gasteiger charge is -2.31. The van der Waals surface area contributed by atoms with Crippen molar-refractivity contribution in [3.05, 3.63) is 65.7 Å². The van der Waals surface area contributed by atoms with E-state index in [1.807, 2.05) is 43.3 Å². The molecule has 5 heteroatoms. The minimum absolute atomic E-state index is 0.0465. The van der Waals surface area contributed by atoms with Crippen molar-refractivity contribution < 1.29 is 9.59 Å². The van der Waals surface area contributed by atoms with Gasteiger partial charge in [0.1, 0.15) is 0 Å². The van der Waals surface area contributed by atoms with E-state index in [1.165, 1.54) is 0 Å². The van der Waals surface area contributed by atoms with Crippen LogP contribution in [0.5, 0.6) is 0 Å². The van der Waals surface area contributed by atoms with E-state index in [0.29, 0.717) is 23.7 Å². The molecule has 1 saturated heterocycles. The highest BCUT2D eigenvalue weighted by molar-refractivity contribution is 6.04. The summed E-state index contributed by atoms with van der Waals surface area (Å²) in [6.07, 6.45) is 0. The lowest BCUT2D eigenvalue weighted by Crippen LogP contribution is -2.48. The molecule has 1 aliphatic rings. The third-order valence-corrected chi connectivity index (χ3v) is 4.66. The van der Waals surface area contributed by atoms with Crippen molar-refractivity contribution in [2.45, 2.75) is 13.5 Å². The lowest BCUT2D eigenvalue weighted by atomic mass is 9.88. The van der Waals surface area contributed by atoms with E-state index in [9.17, 15) is 9.59 Å². The minimum Gasteiger partial charge on any atom is -0.348 e. The van der Waals surface area contributed by atoms with Crippen LogP contribution in [0, 0.1) is 11.8 Å². The molecule has 1 atom stereocenters. The Morgan fingerprint density at radius 3 is 2.44 bits per heavy atom. The van der Waals surface area contributed by atoms with Crippen molar-refractivity contribution in [1.29, 1.82) is 0 Å². The summed E-state index contributed by atoms with van der Waals surface area (Å²) in [6, 6.07) is 16.8. The molecule has 2 aromatic rings. The topological polar surface area (TPSA) is 70.2 Å². The van der Waals surface area contributed by atoms with Gasteiger partial charge in [-0.1, -0.05) is 49.4 Å². The number of hydrogen-bond acceptors (Lipinski definition) is 3. The van der Waals surface area contributed by atoms with Crippen LogP contribution < -0.4 is 16.0 Å². The second kappa shape index (κ2) is 7.94. The van der Waals surface area contributed by atoms with Gasteiger partial charge in [0, 0.05) is 12.5 Å². The molecule has 1 unspecified atom stereocenters. The summed E-state index contributed by atoms with van der Waals surface area (Å²) >= 11 is 0. The molecule has 5 nitrogen and oxygen atoms in total. The molecular formula is C20H23N3O2. The zero-order chi connectivity index (χ0) is 17.6. The van der Waals surface area contributed by atoms with E-state index >= 15 is 0 Å². The first-order valence-corrected chi connectivity index (χ1v) is 8.58. The second-order valence-corrected chi connectivity index (χ2v) is 6.41. The van der Waals surface area contributed by atoms with E-state index in [1.54, 1.807) is 18.2 Å². The summed E-state index contributed by atoms with van der Waals surface area (Å²) < 4.78 is 0. The van der Waals surface area contributed by atoms with E-state index in [-0.39, 0.29) is 17.7 Å². The SMILES string of the molecule is CC(C(=O)Nc1ccccc1C(=O)NCc1ccccc1)C1CNC1. The van der Waals surface area contributed by atoms with Gasteiger partial charge in [-0.3, -0.25) is 9.59 Å². The third kappa shape index (κ3) is 4.25. The zero-order valence-corrected chi connectivity index (χ0v) is 14.3. The maximum Gasteiger partial charge on any atom is 0.253 e. The molecule has 0 radical (unpaired) electrons. The van der Waals surface area contributed by atoms with Crippen molar-refractivity contribution in [3.8, 4) is 0 Å². The van der Waals surface area contributed by atoms with Crippen LogP contribution in [0.3, 0.4) is 0 Å². The average molecular weight is 337 g/mol. The van der Waals surface area contributed by atoms with Gasteiger partial charge in [0.15, 0.2) is 0 Å². The van der Waals surface area contributed by atoms with Gasteiger partial charge in [0.05, 0.1) is 11.3 Å². The van der Waals surface area contributed by atoms with Gasteiger partial charge in [0.2, 0.25) is 5.91 Å². The normalized spacial score (nSPS) is 15.1. The van der Waals surface area contributed by atoms with Gasteiger partial charge in [-0.25, -0.2) is 0 Å². The number of benzene rings is 2. The highest BCUT2D eigenvalue weighted by atomic mass is 16.2. The van der Waals surface area contributed by atoms with Gasteiger partial charge in [0.25, 0.3) is 5.91 Å². The maximum atomic E-state index is 12.5. The van der Waals surface area contributed by atoms with Crippen molar-refractivity contribution in [3.63, 3.8) is 0 Å². The molecule has 3 rings (SSSR count). The lowest BCUT2D eigenvalue weighted by molar-refractivity contribution is -0.121. The number of para-hydroxylation sites is 1. The Labute approximate surface area is 147 Å². The molecule has 1 aliphatic heterocycles. The van der Waals surface area contributed by atoms with Crippen LogP contribution >= 0.6 is 0 Å². The van der Waals surface area contributed by atoms with E-state index in [2.05, 4.69) is 16.0 Å². The van der Waals surface area contributed by atoms with E-state index in [0.717, 1.165) is 18.7 Å². The van der Waals surface area contributed by atoms with Crippen LogP contribution in [-0.2, 0) is 11.3 Å². The van der Waals surface area contributed by atoms with Crippen LogP contribution in [0.15, 0.2) is 54.6 Å². The maximum absolute atomic E-state index is 12.5. The largest absolute Gasteiger partial charge is 0.348 e. The smallest absolute Gasteiger partial charge is 0.253 e. The number of carbonyl (C=O) groups is 2. The number of nitrogens with one attached hydrogen (secondary N) is 3. The first-order valence-electron chi connectivity index (χ1n) is 8.58. The molecule has 25 heavy (non-hydrogen) atoms. The van der Waals surface area contributed by atoms with Crippen LogP contribution in [0.25, 0.3) is 0 Å². The summed E-state index contributed by atoms with van der Waals surface area (Å²) in [5.74, 6) is 0.0354. The Morgan fingerprint density at radius 1 is 1.08 bits per heavy atom. The average Bonchev–Trinajstić information content (AvgIpc) is 2.59. The summed E-state index contributed by atoms with van der Waals surface area (Å²) in [5.41, 5.74) is 2.06. The molecule has 1 fully saturated rings. The quantitative estimate of drug-likeness (QED) is 0.758. The molecule has 130 valence electrons. The molecule has 0 bridgehead atoms. The fraction of sp³-hybridized carbons (Fsp3) is 0.300. The molecule has 0 aliphatic carbocycles. The van der Waals surface area contributed by atoms with Crippen LogP contribution in [0.2, 0.25) is 0 Å². The van der Waals surface area contributed by atoms with Crippen molar-refractivity contribution in [1.82, 2.24) is 10.6 Å². The monoisotopic (exact) mass is 337 g/mol. The van der Waals surface area contributed by atoms with Gasteiger partial charge >= 0.3 is 0 Å². The first kappa shape index (κ1) is 17.2. The number of amides is 2. The van der Waals surface area contributed by atoms with Crippen LogP contribution in [0.4, 0.5) is 5.69 Å². The van der Waals surface area contributed by atoms with Gasteiger partial charge in [-0.05, 0) is 36.7 Å². The van der Waals surface area contributed by atoms with Crippen LogP contribution in [0.1, 0.15) is 22.8 Å². The minimum atomic E-state index is -0.197. The Bertz CT molecular complexity index is 742. The summed E-state index contributed by atoms with van der Waals surface area (Å²) in [7, 11) is 0. The standard InChI is InChI=1S/C20H23N3O2/c1-14(16-12-21-13-16)19(24)23-18-10-6-5-9-17(18)20(25)22-11-15-7-3-2-4-8-15/h2-10,14,16,21H,11-13H2,1H3,(H,22,25)(H,23,24). The van der Waals surface area contributed by atoms with Gasteiger partial charge < -0.3 is 16.0 Å². The Morgan fingerprint density at radius 2 is 1.76 bits per heavy atom. The predicted octanol–water partition coefficient (Wildman–Crippen LogP) is 2.41. The number of hydrogen-bond donors (Lipinski definition) is 3. The molecule has 2 aromatic carbocycles. The molecule has 1 heterocycles. The summed E-state index contributed by atoms with van der Waals surface area (Å²) in [6.45, 7) is 4.12. The zero-order valence-electron chi connectivity index (χ0n) is 14.3. The molecule has 0 aromatic heterocycles. The Kier molecular flexibility index (Phi) is 5.46. The highest BCUT2D eigenvalue weighted by Crippen LogP contribution is 2.20. The number of anilines is 1. The molecule has 0 saturated carbocycles. The summed E-state index contributed by atoms with van der Waals surface area (Å²) in [5, 5.41) is 8.99. The van der Waals surface area contributed by atoms with Crippen molar-refractivity contribution in [2.24, 2.45) is 11.8 Å². The molecular weight excluding hydrogens is 314 g/mol. The predicted molar refractivity (Wildman–Crippen MR) is 98.2 cm³/mol. The molecule has 3 N–H and O–H groups in total. The molecule has 2 amide bonds. The van der Waals surface area contributed by atoms with E-state index in [4.69, 9.17) is 0 Å². The number of rotatable bonds is 6. The van der Waals surface area contributed by atoms with Crippen LogP contribution in [-0.4, -0.2) is 24.9 Å². The highest BCUT2D eigenvalue weighted by Gasteiger charge is 2.29. The molecule has 0 spiro atoms. The fourth-order valence-electron chi connectivity index (χ4n) is 2.79. The van der Waals surface area contributed by atoms with E-state index < -0.39 is 0 Å². The van der Waals surface area contributed by atoms with Crippen molar-refractivity contribution in [2.75, 3.05) is 18.4 Å². The first-order chi connectivity index (χ1) is 12.1.